The second-order valence-corrected chi connectivity index (χ2v) is 3.74. The molecule has 0 aromatic heterocycles. The Labute approximate surface area is 102 Å². The van der Waals surface area contributed by atoms with Crippen LogP contribution in [0.2, 0.25) is 0 Å². The molecule has 1 rings (SSSR count). The van der Waals surface area contributed by atoms with Gasteiger partial charge in [0, 0.05) is 6.42 Å². The quantitative estimate of drug-likeness (QED) is 0.607. The SMILES string of the molecule is C#CCCCOc1ccc([C@@H](C)O)cc1OC. The molecule has 0 aliphatic carbocycles. The highest BCUT2D eigenvalue weighted by atomic mass is 16.5. The minimum atomic E-state index is -0.514. The first-order chi connectivity index (χ1) is 8.19. The molecular weight excluding hydrogens is 216 g/mol. The summed E-state index contributed by atoms with van der Waals surface area (Å²) in [5.41, 5.74) is 0.804. The maximum Gasteiger partial charge on any atom is 0.161 e. The van der Waals surface area contributed by atoms with Crippen molar-refractivity contribution >= 4 is 0 Å². The van der Waals surface area contributed by atoms with Crippen molar-refractivity contribution in [2.75, 3.05) is 13.7 Å². The molecule has 1 atom stereocenters. The van der Waals surface area contributed by atoms with E-state index in [0.29, 0.717) is 24.5 Å². The van der Waals surface area contributed by atoms with Crippen LogP contribution in [-0.2, 0) is 0 Å². The molecule has 1 N–H and O–H groups in total. The number of unbranched alkanes of at least 4 members (excludes halogenated alkanes) is 1. The number of ether oxygens (including phenoxy) is 2. The molecule has 0 heterocycles. The lowest BCUT2D eigenvalue weighted by Crippen LogP contribution is -2.00. The zero-order valence-corrected chi connectivity index (χ0v) is 10.3. The van der Waals surface area contributed by atoms with Crippen LogP contribution in [0.25, 0.3) is 0 Å². The monoisotopic (exact) mass is 234 g/mol. The van der Waals surface area contributed by atoms with Crippen molar-refractivity contribution in [3.8, 4) is 23.8 Å². The Hall–Kier alpha value is -1.66. The van der Waals surface area contributed by atoms with E-state index in [4.69, 9.17) is 15.9 Å². The lowest BCUT2D eigenvalue weighted by Gasteiger charge is -2.12. The van der Waals surface area contributed by atoms with Gasteiger partial charge in [-0.05, 0) is 31.0 Å². The van der Waals surface area contributed by atoms with Crippen LogP contribution < -0.4 is 9.47 Å². The van der Waals surface area contributed by atoms with Crippen molar-refractivity contribution in [3.05, 3.63) is 23.8 Å². The zero-order valence-electron chi connectivity index (χ0n) is 10.3. The van der Waals surface area contributed by atoms with Crippen LogP contribution in [0.4, 0.5) is 0 Å². The first-order valence-electron chi connectivity index (χ1n) is 5.61. The van der Waals surface area contributed by atoms with Crippen molar-refractivity contribution in [2.45, 2.75) is 25.9 Å². The summed E-state index contributed by atoms with van der Waals surface area (Å²) in [6, 6.07) is 5.40. The number of aliphatic hydroxyl groups is 1. The van der Waals surface area contributed by atoms with E-state index in [1.54, 1.807) is 26.2 Å². The highest BCUT2D eigenvalue weighted by Crippen LogP contribution is 2.30. The number of hydrogen-bond acceptors (Lipinski definition) is 3. The summed E-state index contributed by atoms with van der Waals surface area (Å²) in [4.78, 5) is 0. The van der Waals surface area contributed by atoms with E-state index in [0.717, 1.165) is 12.0 Å². The molecule has 0 unspecified atom stereocenters. The first-order valence-corrected chi connectivity index (χ1v) is 5.61. The average Bonchev–Trinajstić information content (AvgIpc) is 2.34. The van der Waals surface area contributed by atoms with E-state index >= 15 is 0 Å². The van der Waals surface area contributed by atoms with Crippen LogP contribution in [0.15, 0.2) is 18.2 Å². The van der Waals surface area contributed by atoms with Crippen LogP contribution in [0.5, 0.6) is 11.5 Å². The number of benzene rings is 1. The molecule has 0 bridgehead atoms. The summed E-state index contributed by atoms with van der Waals surface area (Å²) in [7, 11) is 1.58. The lowest BCUT2D eigenvalue weighted by atomic mass is 10.1. The average molecular weight is 234 g/mol. The minimum Gasteiger partial charge on any atom is -0.493 e. The summed E-state index contributed by atoms with van der Waals surface area (Å²) in [6.45, 7) is 2.27. The molecule has 0 aliphatic rings. The van der Waals surface area contributed by atoms with Crippen LogP contribution in [0.3, 0.4) is 0 Å². The second kappa shape index (κ2) is 6.82. The van der Waals surface area contributed by atoms with Crippen LogP contribution in [0.1, 0.15) is 31.4 Å². The molecule has 0 spiro atoms. The van der Waals surface area contributed by atoms with Crippen molar-refractivity contribution in [1.82, 2.24) is 0 Å². The molecule has 1 aromatic rings. The predicted octanol–water partition coefficient (Wildman–Crippen LogP) is 2.54. The standard InChI is InChI=1S/C14H18O3/c1-4-5-6-9-17-13-8-7-12(11(2)15)10-14(13)16-3/h1,7-8,10-11,15H,5-6,9H2,2-3H3/t11-/m1/s1. The molecule has 0 fully saturated rings. The van der Waals surface area contributed by atoms with Gasteiger partial charge >= 0.3 is 0 Å². The molecule has 3 heteroatoms. The molecule has 3 nitrogen and oxygen atoms in total. The van der Waals surface area contributed by atoms with Gasteiger partial charge in [-0.15, -0.1) is 12.3 Å². The Bertz CT molecular complexity index is 391. The van der Waals surface area contributed by atoms with Gasteiger partial charge in [0.1, 0.15) is 0 Å². The van der Waals surface area contributed by atoms with Crippen LogP contribution in [-0.4, -0.2) is 18.8 Å². The smallest absolute Gasteiger partial charge is 0.161 e. The van der Waals surface area contributed by atoms with E-state index < -0.39 is 6.10 Å². The minimum absolute atomic E-state index is 0.514. The van der Waals surface area contributed by atoms with E-state index in [2.05, 4.69) is 5.92 Å². The number of hydrogen-bond donors (Lipinski definition) is 1. The molecular formula is C14H18O3. The van der Waals surface area contributed by atoms with Crippen molar-refractivity contribution in [3.63, 3.8) is 0 Å². The molecule has 0 radical (unpaired) electrons. The molecule has 0 amide bonds. The van der Waals surface area contributed by atoms with E-state index in [1.165, 1.54) is 0 Å². The summed E-state index contributed by atoms with van der Waals surface area (Å²) < 4.78 is 10.8. The van der Waals surface area contributed by atoms with Gasteiger partial charge in [0.05, 0.1) is 19.8 Å². The molecule has 17 heavy (non-hydrogen) atoms. The number of rotatable bonds is 6. The lowest BCUT2D eigenvalue weighted by molar-refractivity contribution is 0.198. The normalized spacial score (nSPS) is 11.6. The van der Waals surface area contributed by atoms with Gasteiger partial charge in [-0.2, -0.15) is 0 Å². The first kappa shape index (κ1) is 13.4. The van der Waals surface area contributed by atoms with Crippen LogP contribution in [0, 0.1) is 12.3 Å². The predicted molar refractivity (Wildman–Crippen MR) is 67.2 cm³/mol. The number of aliphatic hydroxyl groups excluding tert-OH is 1. The van der Waals surface area contributed by atoms with E-state index in [1.807, 2.05) is 6.07 Å². The van der Waals surface area contributed by atoms with Gasteiger partial charge in [-0.3, -0.25) is 0 Å². The molecule has 0 aliphatic heterocycles. The van der Waals surface area contributed by atoms with Gasteiger partial charge in [0.15, 0.2) is 11.5 Å². The Kier molecular flexibility index (Phi) is 5.38. The summed E-state index contributed by atoms with van der Waals surface area (Å²) in [5, 5.41) is 9.46. The molecule has 0 saturated carbocycles. The maximum absolute atomic E-state index is 9.46. The van der Waals surface area contributed by atoms with Crippen molar-refractivity contribution < 1.29 is 14.6 Å². The fourth-order valence-electron chi connectivity index (χ4n) is 1.42. The van der Waals surface area contributed by atoms with Gasteiger partial charge in [-0.25, -0.2) is 0 Å². The highest BCUT2D eigenvalue weighted by Gasteiger charge is 2.08. The van der Waals surface area contributed by atoms with Crippen LogP contribution >= 0.6 is 0 Å². The fourth-order valence-corrected chi connectivity index (χ4v) is 1.42. The zero-order chi connectivity index (χ0) is 12.7. The third-order valence-electron chi connectivity index (χ3n) is 2.39. The summed E-state index contributed by atoms with van der Waals surface area (Å²) in [6.07, 6.45) is 6.16. The second-order valence-electron chi connectivity index (χ2n) is 3.74. The van der Waals surface area contributed by atoms with Gasteiger partial charge in [0.2, 0.25) is 0 Å². The van der Waals surface area contributed by atoms with Crippen molar-refractivity contribution in [1.29, 1.82) is 0 Å². The molecule has 92 valence electrons. The third-order valence-corrected chi connectivity index (χ3v) is 2.39. The number of methoxy groups -OCH3 is 1. The van der Waals surface area contributed by atoms with Crippen molar-refractivity contribution in [2.24, 2.45) is 0 Å². The largest absolute Gasteiger partial charge is 0.493 e. The Balaban J connectivity index is 2.69. The highest BCUT2D eigenvalue weighted by molar-refractivity contribution is 5.43. The van der Waals surface area contributed by atoms with Gasteiger partial charge in [0.25, 0.3) is 0 Å². The summed E-state index contributed by atoms with van der Waals surface area (Å²) >= 11 is 0. The van der Waals surface area contributed by atoms with E-state index in [9.17, 15) is 5.11 Å². The Morgan fingerprint density at radius 3 is 2.76 bits per heavy atom. The summed E-state index contributed by atoms with van der Waals surface area (Å²) in [5.74, 6) is 3.87. The molecule has 1 aromatic carbocycles. The fraction of sp³-hybridized carbons (Fsp3) is 0.429. The van der Waals surface area contributed by atoms with Gasteiger partial charge in [-0.1, -0.05) is 6.07 Å². The third kappa shape index (κ3) is 4.01. The number of terminal acetylenes is 1. The Morgan fingerprint density at radius 2 is 2.18 bits per heavy atom. The van der Waals surface area contributed by atoms with E-state index in [-0.39, 0.29) is 0 Å². The topological polar surface area (TPSA) is 38.7 Å². The van der Waals surface area contributed by atoms with Gasteiger partial charge < -0.3 is 14.6 Å². The Morgan fingerprint density at radius 1 is 1.41 bits per heavy atom. The molecule has 0 saturated heterocycles. The maximum atomic E-state index is 9.46.